The second-order valence-electron chi connectivity index (χ2n) is 8.84. The van der Waals surface area contributed by atoms with Gasteiger partial charge >= 0.3 is 11.9 Å². The van der Waals surface area contributed by atoms with E-state index < -0.39 is 41.4 Å². The molecule has 8 nitrogen and oxygen atoms in total. The van der Waals surface area contributed by atoms with E-state index in [0.29, 0.717) is 11.1 Å². The van der Waals surface area contributed by atoms with Gasteiger partial charge in [0, 0.05) is 11.1 Å². The maximum atomic E-state index is 14.1. The molecule has 39 heavy (non-hydrogen) atoms. The Labute approximate surface area is 222 Å². The predicted octanol–water partition coefficient (Wildman–Crippen LogP) is 4.97. The van der Waals surface area contributed by atoms with Gasteiger partial charge in [-0.3, -0.25) is 14.4 Å². The summed E-state index contributed by atoms with van der Waals surface area (Å²) in [5.41, 5.74) is 1.59. The molecular weight excluding hydrogens is 498 g/mol. The second kappa shape index (κ2) is 10.5. The molecule has 0 spiro atoms. The molecule has 1 amide bonds. The number of Topliss-reactive ketones (excluding diaryl/α,β-unsaturated/α-hetero) is 2. The summed E-state index contributed by atoms with van der Waals surface area (Å²) in [5.74, 6) is -6.83. The molecule has 0 aromatic heterocycles. The van der Waals surface area contributed by atoms with Gasteiger partial charge in [0.2, 0.25) is 5.78 Å². The van der Waals surface area contributed by atoms with Gasteiger partial charge in [0.15, 0.2) is 5.78 Å². The summed E-state index contributed by atoms with van der Waals surface area (Å²) < 4.78 is 5.51. The highest BCUT2D eigenvalue weighted by Gasteiger charge is 2.46. The van der Waals surface area contributed by atoms with Crippen LogP contribution in [-0.2, 0) is 14.3 Å². The maximum Gasteiger partial charge on any atom is 0.339 e. The van der Waals surface area contributed by atoms with E-state index in [1.807, 2.05) is 30.3 Å². The maximum absolute atomic E-state index is 14.1. The molecule has 4 aromatic carbocycles. The van der Waals surface area contributed by atoms with Crippen molar-refractivity contribution in [1.29, 1.82) is 0 Å². The number of para-hydroxylation sites is 1. The van der Waals surface area contributed by atoms with Gasteiger partial charge < -0.3 is 15.2 Å². The Bertz CT molecular complexity index is 1630. The number of rotatable bonds is 8. The molecule has 192 valence electrons. The zero-order valence-electron chi connectivity index (χ0n) is 20.4. The van der Waals surface area contributed by atoms with Crippen LogP contribution in [0.3, 0.4) is 0 Å². The van der Waals surface area contributed by atoms with E-state index in [9.17, 15) is 29.1 Å². The molecule has 4 aromatic rings. The minimum absolute atomic E-state index is 0.108. The normalized spacial score (nSPS) is 14.6. The molecule has 0 aliphatic carbocycles. The zero-order chi connectivity index (χ0) is 27.5. The lowest BCUT2D eigenvalue weighted by atomic mass is 9.82. The highest BCUT2D eigenvalue weighted by molar-refractivity contribution is 6.45. The molecule has 5 rings (SSSR count). The van der Waals surface area contributed by atoms with Crippen LogP contribution in [0, 0.1) is 5.92 Å². The van der Waals surface area contributed by atoms with Crippen LogP contribution in [0.25, 0.3) is 11.1 Å². The Hall–Kier alpha value is -5.37. The van der Waals surface area contributed by atoms with E-state index in [2.05, 4.69) is 5.32 Å². The van der Waals surface area contributed by atoms with Crippen LogP contribution in [0.4, 0.5) is 5.69 Å². The Morgan fingerprint density at radius 1 is 0.718 bits per heavy atom. The molecule has 1 aliphatic heterocycles. The molecule has 0 saturated heterocycles. The third kappa shape index (κ3) is 4.83. The monoisotopic (exact) mass is 519 g/mol. The highest BCUT2D eigenvalue weighted by Crippen LogP contribution is 2.39. The van der Waals surface area contributed by atoms with E-state index >= 15 is 0 Å². The predicted molar refractivity (Wildman–Crippen MR) is 141 cm³/mol. The van der Waals surface area contributed by atoms with Gasteiger partial charge in [0.05, 0.1) is 16.8 Å². The van der Waals surface area contributed by atoms with E-state index in [1.54, 1.807) is 42.5 Å². The summed E-state index contributed by atoms with van der Waals surface area (Å²) in [4.78, 5) is 65.3. The lowest BCUT2D eigenvalue weighted by Gasteiger charge is -2.22. The summed E-state index contributed by atoms with van der Waals surface area (Å²) in [5, 5.41) is 11.8. The van der Waals surface area contributed by atoms with E-state index in [4.69, 9.17) is 4.74 Å². The first kappa shape index (κ1) is 25.3. The number of hydrogen-bond acceptors (Lipinski definition) is 6. The summed E-state index contributed by atoms with van der Waals surface area (Å²) in [6.45, 7) is 0. The van der Waals surface area contributed by atoms with E-state index in [0.717, 1.165) is 5.56 Å². The highest BCUT2D eigenvalue weighted by atomic mass is 16.5. The van der Waals surface area contributed by atoms with E-state index in [1.165, 1.54) is 30.3 Å². The van der Waals surface area contributed by atoms with Crippen LogP contribution in [-0.4, -0.2) is 34.5 Å². The average molecular weight is 520 g/mol. The minimum atomic E-state index is -1.72. The van der Waals surface area contributed by atoms with Crippen molar-refractivity contribution in [2.75, 3.05) is 5.32 Å². The molecule has 0 radical (unpaired) electrons. The first-order valence-electron chi connectivity index (χ1n) is 12.0. The first-order chi connectivity index (χ1) is 18.9. The summed E-state index contributed by atoms with van der Waals surface area (Å²) >= 11 is 0. The number of carbonyl (C=O) groups is 5. The fraction of sp³-hybridized carbons (Fsp3) is 0.0645. The van der Waals surface area contributed by atoms with Crippen LogP contribution < -0.4 is 5.32 Å². The quantitative estimate of drug-likeness (QED) is 0.146. The van der Waals surface area contributed by atoms with Gasteiger partial charge in [-0.25, -0.2) is 9.59 Å². The van der Waals surface area contributed by atoms with Crippen LogP contribution >= 0.6 is 0 Å². The van der Waals surface area contributed by atoms with Crippen molar-refractivity contribution in [2.24, 2.45) is 5.92 Å². The number of carboxylic acids is 1. The van der Waals surface area contributed by atoms with Crippen LogP contribution in [0.5, 0.6) is 0 Å². The Kier molecular flexibility index (Phi) is 6.84. The number of aromatic carboxylic acids is 1. The Morgan fingerprint density at radius 3 is 2.03 bits per heavy atom. The van der Waals surface area contributed by atoms with Crippen molar-refractivity contribution in [1.82, 2.24) is 0 Å². The molecule has 0 fully saturated rings. The third-order valence-corrected chi connectivity index (χ3v) is 6.50. The van der Waals surface area contributed by atoms with Crippen LogP contribution in [0.1, 0.15) is 42.7 Å². The summed E-state index contributed by atoms with van der Waals surface area (Å²) in [6, 6.07) is 27.7. The molecule has 2 atom stereocenters. The fourth-order valence-corrected chi connectivity index (χ4v) is 4.65. The van der Waals surface area contributed by atoms with Gasteiger partial charge in [0.1, 0.15) is 12.0 Å². The topological polar surface area (TPSA) is 127 Å². The largest absolute Gasteiger partial charge is 0.478 e. The van der Waals surface area contributed by atoms with Gasteiger partial charge in [-0.05, 0) is 29.3 Å². The number of carbonyl (C=O) groups excluding carboxylic acids is 4. The number of ether oxygens (including phenoxy) is 1. The minimum Gasteiger partial charge on any atom is -0.478 e. The number of ketones is 2. The van der Waals surface area contributed by atoms with Gasteiger partial charge in [-0.2, -0.15) is 0 Å². The number of nitrogens with one attached hydrogen (secondary N) is 1. The van der Waals surface area contributed by atoms with Crippen molar-refractivity contribution < 1.29 is 33.8 Å². The Balaban J connectivity index is 1.58. The van der Waals surface area contributed by atoms with Crippen LogP contribution in [0.2, 0.25) is 0 Å². The van der Waals surface area contributed by atoms with Crippen molar-refractivity contribution in [3.63, 3.8) is 0 Å². The molecule has 1 aliphatic rings. The second-order valence-corrected chi connectivity index (χ2v) is 8.84. The number of hydrogen-bond donors (Lipinski definition) is 2. The SMILES string of the molecule is O=C(Nc1ccccc1C(=O)O)C(=O)C(C(=O)c1ccccc1-c1ccccc1)C1OC(=O)c2ccccc21. The number of fused-ring (bicyclic) bond motifs is 1. The van der Waals surface area contributed by atoms with Crippen molar-refractivity contribution in [2.45, 2.75) is 6.10 Å². The fourth-order valence-electron chi connectivity index (χ4n) is 4.65. The average Bonchev–Trinajstić information content (AvgIpc) is 3.29. The molecular formula is C31H21NO7. The van der Waals surface area contributed by atoms with Crippen molar-refractivity contribution >= 4 is 35.1 Å². The smallest absolute Gasteiger partial charge is 0.339 e. The summed E-state index contributed by atoms with van der Waals surface area (Å²) in [6.07, 6.45) is -1.35. The lowest BCUT2D eigenvalue weighted by molar-refractivity contribution is -0.138. The zero-order valence-corrected chi connectivity index (χ0v) is 20.4. The molecule has 0 saturated carbocycles. The lowest BCUT2D eigenvalue weighted by Crippen LogP contribution is -2.38. The number of anilines is 1. The number of carboxylic acid groups (broad SMARTS) is 1. The molecule has 2 unspecified atom stereocenters. The van der Waals surface area contributed by atoms with Crippen LogP contribution in [0.15, 0.2) is 103 Å². The number of cyclic esters (lactones) is 1. The number of amides is 1. The summed E-state index contributed by atoms with van der Waals surface area (Å²) in [7, 11) is 0. The molecule has 8 heteroatoms. The number of esters is 1. The molecule has 2 N–H and O–H groups in total. The molecule has 1 heterocycles. The van der Waals surface area contributed by atoms with Gasteiger partial charge in [-0.1, -0.05) is 84.9 Å². The van der Waals surface area contributed by atoms with E-state index in [-0.39, 0.29) is 22.4 Å². The van der Waals surface area contributed by atoms with Crippen molar-refractivity contribution in [3.8, 4) is 11.1 Å². The standard InChI is InChI=1S/C31H21NO7/c33-26(20-13-5-4-12-19(20)18-10-2-1-3-11-18)25(28-21-14-6-7-15-22(21)31(38)39-28)27(34)29(35)32-24-17-9-8-16-23(24)30(36)37/h1-17,25,28H,(H,32,35)(H,36,37). The van der Waals surface area contributed by atoms with Crippen molar-refractivity contribution in [3.05, 3.63) is 125 Å². The first-order valence-corrected chi connectivity index (χ1v) is 12.0. The van der Waals surface area contributed by atoms with Gasteiger partial charge in [-0.15, -0.1) is 0 Å². The Morgan fingerprint density at radius 2 is 1.31 bits per heavy atom. The molecule has 0 bridgehead atoms. The van der Waals surface area contributed by atoms with Gasteiger partial charge in [0.25, 0.3) is 5.91 Å². The third-order valence-electron chi connectivity index (χ3n) is 6.50. The number of benzene rings is 4.